The van der Waals surface area contributed by atoms with E-state index in [1.54, 1.807) is 12.1 Å². The Morgan fingerprint density at radius 3 is 2.61 bits per heavy atom. The number of benzene rings is 2. The molecule has 9 heteroatoms. The number of nitrogens with zero attached hydrogens (tertiary/aromatic N) is 4. The summed E-state index contributed by atoms with van der Waals surface area (Å²) < 4.78 is 15.7. The number of hydrogen-bond acceptors (Lipinski definition) is 4. The summed E-state index contributed by atoms with van der Waals surface area (Å²) in [5.74, 6) is -1.19. The van der Waals surface area contributed by atoms with Crippen molar-refractivity contribution in [2.24, 2.45) is 0 Å². The Morgan fingerprint density at radius 1 is 1.10 bits per heavy atom. The summed E-state index contributed by atoms with van der Waals surface area (Å²) in [6.45, 7) is 2.82. The van der Waals surface area contributed by atoms with E-state index in [2.05, 4.69) is 10.4 Å². The number of nitrogens with one attached hydrogen (secondary N) is 1. The Hall–Kier alpha value is -3.75. The van der Waals surface area contributed by atoms with Crippen molar-refractivity contribution < 1.29 is 14.0 Å². The van der Waals surface area contributed by atoms with Gasteiger partial charge in [-0.25, -0.2) is 13.9 Å². The molecule has 2 amide bonds. The Morgan fingerprint density at radius 2 is 1.87 bits per heavy atom. The van der Waals surface area contributed by atoms with Crippen LogP contribution in [0.4, 0.5) is 4.39 Å². The number of hydrogen-bond donors (Lipinski definition) is 1. The van der Waals surface area contributed by atoms with E-state index in [0.29, 0.717) is 18.7 Å². The SMILES string of the molecule is Cc1ccc(CNC(=O)Cn2nc3n(c2=O)CCN(Cc2cccc(F)c2)C3=O)cc1. The van der Waals surface area contributed by atoms with Crippen LogP contribution in [0.3, 0.4) is 0 Å². The van der Waals surface area contributed by atoms with Crippen molar-refractivity contribution in [2.75, 3.05) is 6.54 Å². The monoisotopic (exact) mass is 423 g/mol. The van der Waals surface area contributed by atoms with Crippen LogP contribution in [0.2, 0.25) is 0 Å². The van der Waals surface area contributed by atoms with Gasteiger partial charge < -0.3 is 10.2 Å². The zero-order valence-electron chi connectivity index (χ0n) is 17.0. The molecule has 0 saturated heterocycles. The Labute approximate surface area is 177 Å². The second-order valence-corrected chi connectivity index (χ2v) is 7.53. The molecule has 0 saturated carbocycles. The van der Waals surface area contributed by atoms with Gasteiger partial charge in [0.2, 0.25) is 11.7 Å². The quantitative estimate of drug-likeness (QED) is 0.650. The van der Waals surface area contributed by atoms with E-state index in [1.807, 2.05) is 31.2 Å². The Balaban J connectivity index is 1.42. The lowest BCUT2D eigenvalue weighted by atomic mass is 10.1. The Kier molecular flexibility index (Phi) is 5.66. The van der Waals surface area contributed by atoms with Crippen LogP contribution in [0.25, 0.3) is 0 Å². The van der Waals surface area contributed by atoms with E-state index in [1.165, 1.54) is 21.6 Å². The fraction of sp³-hybridized carbons (Fsp3) is 0.273. The summed E-state index contributed by atoms with van der Waals surface area (Å²) in [5.41, 5.74) is 2.22. The number of aromatic nitrogens is 3. The number of rotatable bonds is 6. The van der Waals surface area contributed by atoms with Crippen molar-refractivity contribution in [3.63, 3.8) is 0 Å². The maximum Gasteiger partial charge on any atom is 0.346 e. The number of carbonyl (C=O) groups excluding carboxylic acids is 2. The maximum atomic E-state index is 13.4. The number of amides is 2. The summed E-state index contributed by atoms with van der Waals surface area (Å²) in [5, 5.41) is 6.84. The van der Waals surface area contributed by atoms with Gasteiger partial charge in [-0.2, -0.15) is 0 Å². The normalized spacial score (nSPS) is 13.2. The molecule has 1 aliphatic rings. The molecule has 0 fully saturated rings. The largest absolute Gasteiger partial charge is 0.350 e. The zero-order chi connectivity index (χ0) is 22.0. The highest BCUT2D eigenvalue weighted by Gasteiger charge is 2.30. The molecule has 3 aromatic rings. The molecule has 2 aromatic carbocycles. The van der Waals surface area contributed by atoms with Crippen LogP contribution in [0, 0.1) is 12.7 Å². The van der Waals surface area contributed by atoms with Crippen LogP contribution in [0.1, 0.15) is 27.3 Å². The van der Waals surface area contributed by atoms with Gasteiger partial charge in [-0.15, -0.1) is 5.10 Å². The third-order valence-electron chi connectivity index (χ3n) is 5.16. The standard InChI is InChI=1S/C22H22FN5O3/c1-15-5-7-16(8-6-15)12-24-19(29)14-28-22(31)27-10-9-26(21(30)20(27)25-28)13-17-3-2-4-18(23)11-17/h2-8,11H,9-10,12-14H2,1H3,(H,24,29). The van der Waals surface area contributed by atoms with Crippen molar-refractivity contribution in [2.45, 2.75) is 33.1 Å². The number of fused-ring (bicyclic) bond motifs is 1. The molecule has 0 aliphatic carbocycles. The summed E-state index contributed by atoms with van der Waals surface area (Å²) in [6, 6.07) is 13.8. The molecule has 160 valence electrons. The number of halogens is 1. The first-order chi connectivity index (χ1) is 14.9. The van der Waals surface area contributed by atoms with Gasteiger partial charge in [0.1, 0.15) is 12.4 Å². The molecule has 0 radical (unpaired) electrons. The molecule has 4 rings (SSSR count). The van der Waals surface area contributed by atoms with Gasteiger partial charge in [-0.3, -0.25) is 14.2 Å². The third-order valence-corrected chi connectivity index (χ3v) is 5.16. The van der Waals surface area contributed by atoms with Crippen molar-refractivity contribution in [3.8, 4) is 0 Å². The summed E-state index contributed by atoms with van der Waals surface area (Å²) in [4.78, 5) is 39.2. The van der Waals surface area contributed by atoms with E-state index in [-0.39, 0.29) is 37.2 Å². The van der Waals surface area contributed by atoms with E-state index < -0.39 is 11.6 Å². The summed E-state index contributed by atoms with van der Waals surface area (Å²) >= 11 is 0. The fourth-order valence-electron chi connectivity index (χ4n) is 3.47. The van der Waals surface area contributed by atoms with Crippen LogP contribution in [0.15, 0.2) is 53.3 Å². The van der Waals surface area contributed by atoms with Gasteiger partial charge in [0, 0.05) is 26.2 Å². The van der Waals surface area contributed by atoms with E-state index in [4.69, 9.17) is 0 Å². The molecule has 1 aromatic heterocycles. The average Bonchev–Trinajstić information content (AvgIpc) is 3.06. The molecule has 0 spiro atoms. The van der Waals surface area contributed by atoms with E-state index >= 15 is 0 Å². The smallest absolute Gasteiger partial charge is 0.346 e. The van der Waals surface area contributed by atoms with Gasteiger partial charge >= 0.3 is 5.69 Å². The van der Waals surface area contributed by atoms with Crippen LogP contribution in [-0.4, -0.2) is 37.6 Å². The minimum absolute atomic E-state index is 0.0148. The lowest BCUT2D eigenvalue weighted by Gasteiger charge is -2.26. The molecule has 0 unspecified atom stereocenters. The molecule has 0 atom stereocenters. The second-order valence-electron chi connectivity index (χ2n) is 7.53. The van der Waals surface area contributed by atoms with Crippen molar-refractivity contribution in [1.29, 1.82) is 0 Å². The molecule has 0 bridgehead atoms. The first-order valence-corrected chi connectivity index (χ1v) is 9.94. The third kappa shape index (κ3) is 4.55. The van der Waals surface area contributed by atoms with Crippen LogP contribution < -0.4 is 11.0 Å². The molecular weight excluding hydrogens is 401 g/mol. The second kappa shape index (κ2) is 8.55. The highest BCUT2D eigenvalue weighted by molar-refractivity contribution is 5.91. The maximum absolute atomic E-state index is 13.4. The lowest BCUT2D eigenvalue weighted by molar-refractivity contribution is -0.122. The predicted octanol–water partition coefficient (Wildman–Crippen LogP) is 1.46. The molecule has 8 nitrogen and oxygen atoms in total. The van der Waals surface area contributed by atoms with Crippen LogP contribution >= 0.6 is 0 Å². The molecule has 1 aliphatic heterocycles. The number of aryl methyl sites for hydroxylation is 1. The zero-order valence-corrected chi connectivity index (χ0v) is 17.0. The van der Waals surface area contributed by atoms with E-state index in [9.17, 15) is 18.8 Å². The molecule has 1 N–H and O–H groups in total. The lowest BCUT2D eigenvalue weighted by Crippen LogP contribution is -2.42. The molecular formula is C22H22FN5O3. The first kappa shape index (κ1) is 20.5. The highest BCUT2D eigenvalue weighted by atomic mass is 19.1. The van der Waals surface area contributed by atoms with Gasteiger partial charge in [0.15, 0.2) is 0 Å². The number of carbonyl (C=O) groups is 2. The Bertz CT molecular complexity index is 1180. The van der Waals surface area contributed by atoms with Crippen LogP contribution in [0.5, 0.6) is 0 Å². The minimum atomic E-state index is -0.501. The topological polar surface area (TPSA) is 89.2 Å². The van der Waals surface area contributed by atoms with Crippen molar-refractivity contribution >= 4 is 11.8 Å². The van der Waals surface area contributed by atoms with Crippen LogP contribution in [-0.2, 0) is 31.0 Å². The van der Waals surface area contributed by atoms with E-state index in [0.717, 1.165) is 15.8 Å². The molecule has 31 heavy (non-hydrogen) atoms. The van der Waals surface area contributed by atoms with Gasteiger partial charge in [-0.05, 0) is 30.2 Å². The molecule has 2 heterocycles. The average molecular weight is 423 g/mol. The summed E-state index contributed by atoms with van der Waals surface area (Å²) in [7, 11) is 0. The first-order valence-electron chi connectivity index (χ1n) is 9.94. The minimum Gasteiger partial charge on any atom is -0.350 e. The summed E-state index contributed by atoms with van der Waals surface area (Å²) in [6.07, 6.45) is 0. The van der Waals surface area contributed by atoms with Crippen molar-refractivity contribution in [1.82, 2.24) is 24.6 Å². The van der Waals surface area contributed by atoms with Gasteiger partial charge in [0.05, 0.1) is 0 Å². The van der Waals surface area contributed by atoms with Crippen molar-refractivity contribution in [3.05, 3.63) is 87.3 Å². The highest BCUT2D eigenvalue weighted by Crippen LogP contribution is 2.13. The fourth-order valence-corrected chi connectivity index (χ4v) is 3.47. The predicted molar refractivity (Wildman–Crippen MR) is 111 cm³/mol. The van der Waals surface area contributed by atoms with Gasteiger partial charge in [-0.1, -0.05) is 42.0 Å². The van der Waals surface area contributed by atoms with Gasteiger partial charge in [0.25, 0.3) is 5.91 Å².